The van der Waals surface area contributed by atoms with E-state index in [1.807, 2.05) is 0 Å². The zero-order chi connectivity index (χ0) is 12.0. The molecule has 1 aromatic carbocycles. The zero-order valence-corrected chi connectivity index (χ0v) is 11.3. The summed E-state index contributed by atoms with van der Waals surface area (Å²) in [4.78, 5) is 2.40. The highest BCUT2D eigenvalue weighted by Crippen LogP contribution is 2.22. The van der Waals surface area contributed by atoms with E-state index in [0.29, 0.717) is 11.9 Å². The monoisotopic (exact) mass is 239 g/mol. The first-order valence-electron chi connectivity index (χ1n) is 6.15. The first-order valence-corrected chi connectivity index (χ1v) is 6.69. The number of hydrogen-bond donors (Lipinski definition) is 0. The van der Waals surface area contributed by atoms with Crippen LogP contribution in [0.15, 0.2) is 24.3 Å². The number of nitrogens with zero attached hydrogens (tertiary/aromatic N) is 1. The van der Waals surface area contributed by atoms with E-state index >= 15 is 0 Å². The Bertz CT molecular complexity index is 290. The lowest BCUT2D eigenvalue weighted by molar-refractivity contribution is 0.237. The summed E-state index contributed by atoms with van der Waals surface area (Å²) >= 11 is 6.09. The van der Waals surface area contributed by atoms with Crippen LogP contribution in [0.2, 0.25) is 0 Å². The topological polar surface area (TPSA) is 3.24 Å². The van der Waals surface area contributed by atoms with E-state index in [-0.39, 0.29) is 0 Å². The number of halogens is 1. The second-order valence-electron chi connectivity index (χ2n) is 3.99. The number of hydrogen-bond acceptors (Lipinski definition) is 1. The lowest BCUT2D eigenvalue weighted by Crippen LogP contribution is -2.29. The van der Waals surface area contributed by atoms with Crippen LogP contribution in [-0.2, 0) is 6.42 Å². The smallest absolute Gasteiger partial charge is 0.0483 e. The molecule has 90 valence electrons. The Morgan fingerprint density at radius 1 is 1.06 bits per heavy atom. The van der Waals surface area contributed by atoms with Gasteiger partial charge in [0.2, 0.25) is 0 Å². The van der Waals surface area contributed by atoms with Gasteiger partial charge >= 0.3 is 0 Å². The Morgan fingerprint density at radius 2 is 1.62 bits per heavy atom. The first-order chi connectivity index (χ1) is 7.76. The molecule has 0 aliphatic heterocycles. The van der Waals surface area contributed by atoms with E-state index in [2.05, 4.69) is 49.9 Å². The maximum absolute atomic E-state index is 6.09. The van der Waals surface area contributed by atoms with Crippen molar-refractivity contribution < 1.29 is 0 Å². The molecule has 0 amide bonds. The third kappa shape index (κ3) is 3.23. The molecule has 1 unspecified atom stereocenters. The lowest BCUT2D eigenvalue weighted by atomic mass is 10.0. The van der Waals surface area contributed by atoms with Gasteiger partial charge < -0.3 is 0 Å². The Balaban J connectivity index is 2.85. The van der Waals surface area contributed by atoms with Crippen molar-refractivity contribution in [3.05, 3.63) is 35.4 Å². The van der Waals surface area contributed by atoms with E-state index in [0.717, 1.165) is 19.5 Å². The van der Waals surface area contributed by atoms with Crippen LogP contribution in [0.3, 0.4) is 0 Å². The molecule has 16 heavy (non-hydrogen) atoms. The molecule has 0 aliphatic rings. The Labute approximate surface area is 104 Å². The molecule has 0 bridgehead atoms. The van der Waals surface area contributed by atoms with Gasteiger partial charge in [-0.3, -0.25) is 4.90 Å². The summed E-state index contributed by atoms with van der Waals surface area (Å²) in [5, 5.41) is 0. The quantitative estimate of drug-likeness (QED) is 0.682. The molecule has 0 radical (unpaired) electrons. The van der Waals surface area contributed by atoms with Gasteiger partial charge in [-0.1, -0.05) is 45.0 Å². The van der Waals surface area contributed by atoms with Crippen LogP contribution in [0.25, 0.3) is 0 Å². The van der Waals surface area contributed by atoms with Gasteiger partial charge in [0.05, 0.1) is 0 Å². The highest BCUT2D eigenvalue weighted by Gasteiger charge is 2.16. The van der Waals surface area contributed by atoms with Crippen LogP contribution in [0.5, 0.6) is 0 Å². The second-order valence-corrected chi connectivity index (χ2v) is 4.30. The van der Waals surface area contributed by atoms with Crippen LogP contribution >= 0.6 is 11.6 Å². The van der Waals surface area contributed by atoms with Gasteiger partial charge in [-0.05, 0) is 30.6 Å². The van der Waals surface area contributed by atoms with Crippen molar-refractivity contribution in [2.24, 2.45) is 0 Å². The molecule has 0 saturated carbocycles. The predicted octanol–water partition coefficient (Wildman–Crippen LogP) is 3.87. The normalized spacial score (nSPS) is 13.1. The Kier molecular flexibility index (Phi) is 5.86. The molecule has 0 saturated heterocycles. The molecule has 1 nitrogen and oxygen atoms in total. The fourth-order valence-corrected chi connectivity index (χ4v) is 2.41. The van der Waals surface area contributed by atoms with E-state index in [1.54, 1.807) is 0 Å². The van der Waals surface area contributed by atoms with Crippen molar-refractivity contribution in [1.29, 1.82) is 0 Å². The Morgan fingerprint density at radius 3 is 2.00 bits per heavy atom. The molecule has 0 aliphatic carbocycles. The molecule has 0 spiro atoms. The summed E-state index contributed by atoms with van der Waals surface area (Å²) in [5.74, 6) is 0.660. The second kappa shape index (κ2) is 6.93. The minimum Gasteiger partial charge on any atom is -0.296 e. The maximum Gasteiger partial charge on any atom is 0.0483 e. The average Bonchev–Trinajstić information content (AvgIpc) is 2.36. The summed E-state index contributed by atoms with van der Waals surface area (Å²) in [6.07, 6.45) is 1.09. The summed E-state index contributed by atoms with van der Waals surface area (Å²) in [5.41, 5.74) is 2.72. The van der Waals surface area contributed by atoms with Crippen LogP contribution in [0.4, 0.5) is 0 Å². The van der Waals surface area contributed by atoms with E-state index in [1.165, 1.54) is 11.1 Å². The van der Waals surface area contributed by atoms with Crippen molar-refractivity contribution in [3.8, 4) is 0 Å². The highest BCUT2D eigenvalue weighted by molar-refractivity contribution is 6.18. The van der Waals surface area contributed by atoms with Crippen molar-refractivity contribution in [3.63, 3.8) is 0 Å². The standard InChI is InChI=1S/C14H22ClN/c1-4-12-7-9-13(10-8-12)14(11-15)16(5-2)6-3/h7-10,14H,4-6,11H2,1-3H3. The van der Waals surface area contributed by atoms with E-state index in [9.17, 15) is 0 Å². The van der Waals surface area contributed by atoms with Crippen LogP contribution < -0.4 is 0 Å². The minimum atomic E-state index is 0.350. The van der Waals surface area contributed by atoms with Crippen LogP contribution in [-0.4, -0.2) is 23.9 Å². The molecule has 1 atom stereocenters. The molecule has 1 rings (SSSR count). The van der Waals surface area contributed by atoms with Gasteiger partial charge in [-0.15, -0.1) is 11.6 Å². The highest BCUT2D eigenvalue weighted by atomic mass is 35.5. The van der Waals surface area contributed by atoms with Gasteiger partial charge in [-0.2, -0.15) is 0 Å². The number of rotatable bonds is 6. The van der Waals surface area contributed by atoms with Crippen molar-refractivity contribution in [1.82, 2.24) is 4.90 Å². The van der Waals surface area contributed by atoms with Crippen LogP contribution in [0, 0.1) is 0 Å². The summed E-state index contributed by atoms with van der Waals surface area (Å²) in [6.45, 7) is 8.64. The average molecular weight is 240 g/mol. The van der Waals surface area contributed by atoms with E-state index in [4.69, 9.17) is 11.6 Å². The fourth-order valence-electron chi connectivity index (χ4n) is 2.04. The molecule has 0 N–H and O–H groups in total. The van der Waals surface area contributed by atoms with Gasteiger partial charge in [0.25, 0.3) is 0 Å². The van der Waals surface area contributed by atoms with Crippen molar-refractivity contribution >= 4 is 11.6 Å². The number of alkyl halides is 1. The molecular formula is C14H22ClN. The largest absolute Gasteiger partial charge is 0.296 e. The molecule has 0 aromatic heterocycles. The van der Waals surface area contributed by atoms with Gasteiger partial charge in [0.15, 0.2) is 0 Å². The number of benzene rings is 1. The molecular weight excluding hydrogens is 218 g/mol. The van der Waals surface area contributed by atoms with Crippen LogP contribution in [0.1, 0.15) is 37.9 Å². The third-order valence-electron chi connectivity index (χ3n) is 3.17. The molecule has 0 fully saturated rings. The molecule has 1 aromatic rings. The molecule has 2 heteroatoms. The maximum atomic E-state index is 6.09. The number of aryl methyl sites for hydroxylation is 1. The van der Waals surface area contributed by atoms with Gasteiger partial charge in [0.1, 0.15) is 0 Å². The minimum absolute atomic E-state index is 0.350. The first kappa shape index (κ1) is 13.5. The third-order valence-corrected chi connectivity index (χ3v) is 3.46. The van der Waals surface area contributed by atoms with Gasteiger partial charge in [-0.25, -0.2) is 0 Å². The fraction of sp³-hybridized carbons (Fsp3) is 0.571. The van der Waals surface area contributed by atoms with Crippen molar-refractivity contribution in [2.45, 2.75) is 33.2 Å². The Hall–Kier alpha value is -0.530. The van der Waals surface area contributed by atoms with Crippen molar-refractivity contribution in [2.75, 3.05) is 19.0 Å². The predicted molar refractivity (Wildman–Crippen MR) is 72.2 cm³/mol. The summed E-state index contributed by atoms with van der Waals surface area (Å²) < 4.78 is 0. The molecule has 0 heterocycles. The zero-order valence-electron chi connectivity index (χ0n) is 10.5. The summed E-state index contributed by atoms with van der Waals surface area (Å²) in [6, 6.07) is 9.19. The SMILES string of the molecule is CCc1ccc(C(CCl)N(CC)CC)cc1. The van der Waals surface area contributed by atoms with E-state index < -0.39 is 0 Å². The van der Waals surface area contributed by atoms with Gasteiger partial charge in [0, 0.05) is 11.9 Å². The summed E-state index contributed by atoms with van der Waals surface area (Å²) in [7, 11) is 0. The lowest BCUT2D eigenvalue weighted by Gasteiger charge is -2.28.